The first-order valence-corrected chi connectivity index (χ1v) is 7.00. The number of carbonyl (C=O) groups excluding carboxylic acids is 1. The summed E-state index contributed by atoms with van der Waals surface area (Å²) in [6.07, 6.45) is 4.62. The lowest BCUT2D eigenvalue weighted by Crippen LogP contribution is -2.42. The molecule has 0 saturated carbocycles. The van der Waals surface area contributed by atoms with Crippen molar-refractivity contribution >= 4 is 11.6 Å². The number of carbonyl (C=O) groups is 1. The van der Waals surface area contributed by atoms with E-state index in [4.69, 9.17) is 0 Å². The number of fused-ring (bicyclic) bond motifs is 1. The summed E-state index contributed by atoms with van der Waals surface area (Å²) in [5, 5.41) is 9.75. The zero-order valence-electron chi connectivity index (χ0n) is 11.8. The van der Waals surface area contributed by atoms with Crippen LogP contribution in [-0.2, 0) is 0 Å². The highest BCUT2D eigenvalue weighted by atomic mass is 16.3. The molecule has 5 nitrogen and oxygen atoms in total. The van der Waals surface area contributed by atoms with E-state index in [1.54, 1.807) is 28.9 Å². The molecule has 1 N–H and O–H groups in total. The molecule has 106 valence electrons. The van der Waals surface area contributed by atoms with Crippen molar-refractivity contribution in [3.63, 3.8) is 0 Å². The van der Waals surface area contributed by atoms with Gasteiger partial charge in [-0.05, 0) is 30.4 Å². The van der Waals surface area contributed by atoms with Gasteiger partial charge in [-0.3, -0.25) is 4.79 Å². The predicted octanol–water partition coefficient (Wildman–Crippen LogP) is 2.16. The summed E-state index contributed by atoms with van der Waals surface area (Å²) in [5.74, 6) is 1.08. The fourth-order valence-corrected chi connectivity index (χ4v) is 3.09. The Morgan fingerprint density at radius 1 is 1.35 bits per heavy atom. The molecule has 0 radical (unpaired) electrons. The smallest absolute Gasteiger partial charge is 0.274 e. The van der Waals surface area contributed by atoms with Crippen LogP contribution < -0.4 is 0 Å². The van der Waals surface area contributed by atoms with E-state index < -0.39 is 0 Å². The van der Waals surface area contributed by atoms with Gasteiger partial charge in [-0.15, -0.1) is 0 Å². The van der Waals surface area contributed by atoms with Crippen LogP contribution >= 0.6 is 0 Å². The molecule has 1 fully saturated rings. The van der Waals surface area contributed by atoms with Gasteiger partial charge in [0.1, 0.15) is 5.69 Å². The van der Waals surface area contributed by atoms with Crippen molar-refractivity contribution in [3.05, 3.63) is 30.2 Å². The number of hydrogen-bond acceptors (Lipinski definition) is 3. The number of piperidine rings is 1. The zero-order valence-corrected chi connectivity index (χ0v) is 11.8. The molecule has 3 rings (SSSR count). The number of aromatic nitrogens is 2. The summed E-state index contributed by atoms with van der Waals surface area (Å²) in [4.78, 5) is 18.7. The molecule has 0 aromatic carbocycles. The topological polar surface area (TPSA) is 57.8 Å². The number of imidazole rings is 1. The average molecular weight is 273 g/mol. The SMILES string of the molecule is CC1CC(C)CN(C(=O)c2cn3cccc(O)c3n2)C1. The summed E-state index contributed by atoms with van der Waals surface area (Å²) >= 11 is 0. The number of pyridine rings is 1. The van der Waals surface area contributed by atoms with Gasteiger partial charge in [0, 0.05) is 25.5 Å². The first kappa shape index (κ1) is 13.0. The second-order valence-corrected chi connectivity index (χ2v) is 5.91. The number of rotatable bonds is 1. The van der Waals surface area contributed by atoms with Gasteiger partial charge < -0.3 is 14.4 Å². The lowest BCUT2D eigenvalue weighted by molar-refractivity contribution is 0.0618. The number of likely N-dealkylation sites (tertiary alicyclic amines) is 1. The molecule has 0 spiro atoms. The third kappa shape index (κ3) is 2.24. The highest BCUT2D eigenvalue weighted by Gasteiger charge is 2.27. The lowest BCUT2D eigenvalue weighted by atomic mass is 9.92. The van der Waals surface area contributed by atoms with E-state index in [1.807, 2.05) is 4.90 Å². The Bertz CT molecular complexity index is 640. The summed E-state index contributed by atoms with van der Waals surface area (Å²) < 4.78 is 1.68. The predicted molar refractivity (Wildman–Crippen MR) is 75.7 cm³/mol. The molecule has 1 aliphatic rings. The van der Waals surface area contributed by atoms with Crippen molar-refractivity contribution in [1.29, 1.82) is 0 Å². The molecule has 2 atom stereocenters. The van der Waals surface area contributed by atoms with E-state index in [1.165, 1.54) is 0 Å². The Labute approximate surface area is 117 Å². The maximum atomic E-state index is 12.5. The van der Waals surface area contributed by atoms with Crippen molar-refractivity contribution in [1.82, 2.24) is 14.3 Å². The van der Waals surface area contributed by atoms with Gasteiger partial charge in [0.2, 0.25) is 0 Å². The molecular formula is C15H19N3O2. The Morgan fingerprint density at radius 3 is 2.70 bits per heavy atom. The van der Waals surface area contributed by atoms with E-state index in [2.05, 4.69) is 18.8 Å². The van der Waals surface area contributed by atoms with E-state index >= 15 is 0 Å². The normalized spacial score (nSPS) is 23.2. The number of nitrogens with zero attached hydrogens (tertiary/aromatic N) is 3. The summed E-state index contributed by atoms with van der Waals surface area (Å²) in [7, 11) is 0. The van der Waals surface area contributed by atoms with Crippen LogP contribution in [0.5, 0.6) is 5.75 Å². The van der Waals surface area contributed by atoms with Gasteiger partial charge in [-0.1, -0.05) is 13.8 Å². The fraction of sp³-hybridized carbons (Fsp3) is 0.467. The monoisotopic (exact) mass is 273 g/mol. The van der Waals surface area contributed by atoms with Crippen molar-refractivity contribution in [3.8, 4) is 5.75 Å². The summed E-state index contributed by atoms with van der Waals surface area (Å²) in [6, 6.07) is 3.30. The molecule has 0 bridgehead atoms. The van der Waals surface area contributed by atoms with Crippen molar-refractivity contribution in [2.24, 2.45) is 11.8 Å². The van der Waals surface area contributed by atoms with Crippen LogP contribution in [0.4, 0.5) is 0 Å². The fourth-order valence-electron chi connectivity index (χ4n) is 3.09. The van der Waals surface area contributed by atoms with Gasteiger partial charge in [0.05, 0.1) is 0 Å². The van der Waals surface area contributed by atoms with E-state index in [9.17, 15) is 9.90 Å². The molecule has 2 unspecified atom stereocenters. The molecule has 3 heterocycles. The highest BCUT2D eigenvalue weighted by Crippen LogP contribution is 2.23. The molecule has 20 heavy (non-hydrogen) atoms. The maximum Gasteiger partial charge on any atom is 0.274 e. The Morgan fingerprint density at radius 2 is 2.05 bits per heavy atom. The average Bonchev–Trinajstić information content (AvgIpc) is 2.82. The van der Waals surface area contributed by atoms with Crippen LogP contribution in [0, 0.1) is 11.8 Å². The van der Waals surface area contributed by atoms with Crippen LogP contribution in [0.15, 0.2) is 24.5 Å². The summed E-state index contributed by atoms with van der Waals surface area (Å²) in [5.41, 5.74) is 0.821. The van der Waals surface area contributed by atoms with E-state index in [0.29, 0.717) is 23.2 Å². The second kappa shape index (κ2) is 4.81. The third-order valence-electron chi connectivity index (χ3n) is 3.84. The Hall–Kier alpha value is -2.04. The first-order chi connectivity index (χ1) is 9.54. The van der Waals surface area contributed by atoms with Crippen LogP contribution in [0.2, 0.25) is 0 Å². The third-order valence-corrected chi connectivity index (χ3v) is 3.84. The standard InChI is InChI=1S/C15H19N3O2/c1-10-6-11(2)8-18(7-10)15(20)12-9-17-5-3-4-13(19)14(17)16-12/h3-5,9-11,19H,6-8H2,1-2H3. The van der Waals surface area contributed by atoms with Crippen LogP contribution in [0.3, 0.4) is 0 Å². The van der Waals surface area contributed by atoms with Crippen molar-refractivity contribution in [2.75, 3.05) is 13.1 Å². The van der Waals surface area contributed by atoms with Crippen LogP contribution in [0.25, 0.3) is 5.65 Å². The second-order valence-electron chi connectivity index (χ2n) is 5.91. The van der Waals surface area contributed by atoms with Crippen LogP contribution in [0.1, 0.15) is 30.8 Å². The van der Waals surface area contributed by atoms with E-state index in [0.717, 1.165) is 19.5 Å². The molecule has 1 amide bonds. The lowest BCUT2D eigenvalue weighted by Gasteiger charge is -2.34. The summed E-state index contributed by atoms with van der Waals surface area (Å²) in [6.45, 7) is 5.91. The maximum absolute atomic E-state index is 12.5. The molecule has 1 saturated heterocycles. The molecule has 5 heteroatoms. The molecular weight excluding hydrogens is 254 g/mol. The Balaban J connectivity index is 1.90. The minimum absolute atomic E-state index is 0.0495. The minimum atomic E-state index is -0.0495. The molecule has 2 aromatic rings. The first-order valence-electron chi connectivity index (χ1n) is 7.00. The largest absolute Gasteiger partial charge is 0.504 e. The van der Waals surface area contributed by atoms with Crippen molar-refractivity contribution < 1.29 is 9.90 Å². The van der Waals surface area contributed by atoms with Gasteiger partial charge in [-0.25, -0.2) is 4.98 Å². The quantitative estimate of drug-likeness (QED) is 0.866. The molecule has 1 aliphatic heterocycles. The van der Waals surface area contributed by atoms with Crippen molar-refractivity contribution in [2.45, 2.75) is 20.3 Å². The number of aromatic hydroxyl groups is 1. The zero-order chi connectivity index (χ0) is 14.3. The Kier molecular flexibility index (Phi) is 3.12. The molecule has 2 aromatic heterocycles. The highest BCUT2D eigenvalue weighted by molar-refractivity contribution is 5.93. The van der Waals surface area contributed by atoms with E-state index in [-0.39, 0.29) is 11.7 Å². The number of hydrogen-bond donors (Lipinski definition) is 1. The van der Waals surface area contributed by atoms with Gasteiger partial charge in [0.25, 0.3) is 5.91 Å². The van der Waals surface area contributed by atoms with Gasteiger partial charge in [-0.2, -0.15) is 0 Å². The van der Waals surface area contributed by atoms with Crippen LogP contribution in [-0.4, -0.2) is 38.4 Å². The minimum Gasteiger partial charge on any atom is -0.504 e. The molecule has 0 aliphatic carbocycles. The van der Waals surface area contributed by atoms with Gasteiger partial charge in [0.15, 0.2) is 11.4 Å². The van der Waals surface area contributed by atoms with Gasteiger partial charge >= 0.3 is 0 Å². The number of amides is 1.